The first kappa shape index (κ1) is 22.0. The minimum atomic E-state index is -3.70. The first-order chi connectivity index (χ1) is 14.7. The SMILES string of the molecule is Cc1ccc(C=C2Sc3cc(S(=O)(=O)Cc4c(Cl)cccc4Cl)ccc3NC2=O)cc1. The van der Waals surface area contributed by atoms with Gasteiger partial charge in [0.1, 0.15) is 0 Å². The molecule has 0 aromatic heterocycles. The fourth-order valence-corrected chi connectivity index (χ4v) is 6.27. The molecule has 0 radical (unpaired) electrons. The van der Waals surface area contributed by atoms with Crippen molar-refractivity contribution in [3.63, 3.8) is 0 Å². The fourth-order valence-electron chi connectivity index (χ4n) is 3.09. The van der Waals surface area contributed by atoms with E-state index in [0.29, 0.717) is 31.1 Å². The van der Waals surface area contributed by atoms with Crippen LogP contribution in [0.25, 0.3) is 6.08 Å². The lowest BCUT2D eigenvalue weighted by Crippen LogP contribution is -2.17. The quantitative estimate of drug-likeness (QED) is 0.433. The van der Waals surface area contributed by atoms with Gasteiger partial charge in [-0.2, -0.15) is 0 Å². The van der Waals surface area contributed by atoms with E-state index in [4.69, 9.17) is 23.2 Å². The Kier molecular flexibility index (Phi) is 6.17. The Hall–Kier alpha value is -2.25. The van der Waals surface area contributed by atoms with Crippen LogP contribution in [-0.4, -0.2) is 14.3 Å². The van der Waals surface area contributed by atoms with Crippen molar-refractivity contribution >= 4 is 62.5 Å². The Labute approximate surface area is 195 Å². The number of carbonyl (C=O) groups excluding carboxylic acids is 1. The molecule has 4 nitrogen and oxygen atoms in total. The molecule has 3 aromatic rings. The van der Waals surface area contributed by atoms with E-state index in [-0.39, 0.29) is 16.6 Å². The third-order valence-corrected chi connectivity index (χ3v) is 8.21. The molecule has 0 unspecified atom stereocenters. The molecule has 0 bridgehead atoms. The van der Waals surface area contributed by atoms with Crippen LogP contribution in [0.1, 0.15) is 16.7 Å². The van der Waals surface area contributed by atoms with Gasteiger partial charge >= 0.3 is 0 Å². The molecule has 4 rings (SSSR count). The average molecular weight is 490 g/mol. The van der Waals surface area contributed by atoms with E-state index in [0.717, 1.165) is 11.1 Å². The largest absolute Gasteiger partial charge is 0.320 e. The Bertz CT molecular complexity index is 1300. The standard InChI is InChI=1S/C23H17Cl2NO3S2/c1-14-5-7-15(8-6-14)11-22-23(27)26-20-10-9-16(12-21(20)30-22)31(28,29)13-17-18(24)3-2-4-19(17)25/h2-12H,13H2,1H3,(H,26,27). The zero-order valence-corrected chi connectivity index (χ0v) is 19.5. The van der Waals surface area contributed by atoms with Crippen LogP contribution in [-0.2, 0) is 20.4 Å². The zero-order chi connectivity index (χ0) is 22.2. The van der Waals surface area contributed by atoms with Gasteiger partial charge in [-0.3, -0.25) is 4.79 Å². The van der Waals surface area contributed by atoms with Gasteiger partial charge in [0.25, 0.3) is 5.91 Å². The van der Waals surface area contributed by atoms with Crippen molar-refractivity contribution in [2.45, 2.75) is 22.5 Å². The Morgan fingerprint density at radius 2 is 1.68 bits per heavy atom. The zero-order valence-electron chi connectivity index (χ0n) is 16.4. The molecular weight excluding hydrogens is 473 g/mol. The molecular formula is C23H17Cl2NO3S2. The molecule has 0 saturated carbocycles. The second-order valence-corrected chi connectivity index (χ2v) is 11.0. The summed E-state index contributed by atoms with van der Waals surface area (Å²) in [4.78, 5) is 13.8. The minimum absolute atomic E-state index is 0.139. The summed E-state index contributed by atoms with van der Waals surface area (Å²) < 4.78 is 26.1. The van der Waals surface area contributed by atoms with Crippen LogP contribution in [0.15, 0.2) is 75.4 Å². The number of carbonyl (C=O) groups is 1. The number of nitrogens with one attached hydrogen (secondary N) is 1. The molecule has 1 aliphatic heterocycles. The van der Waals surface area contributed by atoms with Crippen molar-refractivity contribution in [1.82, 2.24) is 0 Å². The number of amides is 1. The second-order valence-electron chi connectivity index (χ2n) is 7.09. The number of benzene rings is 3. The van der Waals surface area contributed by atoms with Gasteiger partial charge in [-0.25, -0.2) is 8.42 Å². The molecule has 31 heavy (non-hydrogen) atoms. The van der Waals surface area contributed by atoms with Crippen LogP contribution in [0.2, 0.25) is 10.0 Å². The first-order valence-corrected chi connectivity index (χ1v) is 12.5. The summed E-state index contributed by atoms with van der Waals surface area (Å²) in [5.41, 5.74) is 2.96. The van der Waals surface area contributed by atoms with Crippen molar-refractivity contribution in [3.8, 4) is 0 Å². The normalized spacial score (nSPS) is 14.9. The van der Waals surface area contributed by atoms with E-state index in [1.807, 2.05) is 31.2 Å². The van der Waals surface area contributed by atoms with Gasteiger partial charge in [0.05, 0.1) is 21.2 Å². The van der Waals surface area contributed by atoms with E-state index >= 15 is 0 Å². The van der Waals surface area contributed by atoms with Crippen LogP contribution in [0.4, 0.5) is 5.69 Å². The maximum atomic E-state index is 13.0. The van der Waals surface area contributed by atoms with Crippen LogP contribution in [0.3, 0.4) is 0 Å². The number of sulfone groups is 1. The summed E-state index contributed by atoms with van der Waals surface area (Å²) in [5.74, 6) is -0.538. The Balaban J connectivity index is 1.65. The number of aryl methyl sites for hydroxylation is 1. The highest BCUT2D eigenvalue weighted by Gasteiger charge is 2.25. The van der Waals surface area contributed by atoms with E-state index in [1.165, 1.54) is 17.8 Å². The number of halogens is 2. The summed E-state index contributed by atoms with van der Waals surface area (Å²) >= 11 is 13.5. The number of fused-ring (bicyclic) bond motifs is 1. The summed E-state index contributed by atoms with van der Waals surface area (Å²) in [7, 11) is -3.70. The molecule has 1 N–H and O–H groups in total. The fraction of sp³-hybridized carbons (Fsp3) is 0.0870. The Morgan fingerprint density at radius 1 is 1.00 bits per heavy atom. The summed E-state index contributed by atoms with van der Waals surface area (Å²) in [5, 5.41) is 3.43. The molecule has 0 fully saturated rings. The van der Waals surface area contributed by atoms with Gasteiger partial charge in [0.15, 0.2) is 9.84 Å². The molecule has 0 aliphatic carbocycles. The molecule has 158 valence electrons. The number of rotatable bonds is 4. The highest BCUT2D eigenvalue weighted by molar-refractivity contribution is 8.04. The third-order valence-electron chi connectivity index (χ3n) is 4.78. The molecule has 0 atom stereocenters. The van der Waals surface area contributed by atoms with Crippen molar-refractivity contribution in [2.24, 2.45) is 0 Å². The lowest BCUT2D eigenvalue weighted by atomic mass is 10.1. The van der Waals surface area contributed by atoms with E-state index in [2.05, 4.69) is 5.32 Å². The van der Waals surface area contributed by atoms with Crippen LogP contribution in [0.5, 0.6) is 0 Å². The minimum Gasteiger partial charge on any atom is -0.320 e. The van der Waals surface area contributed by atoms with E-state index in [9.17, 15) is 13.2 Å². The molecule has 8 heteroatoms. The average Bonchev–Trinajstić information content (AvgIpc) is 2.73. The van der Waals surface area contributed by atoms with Gasteiger partial charge in [-0.1, -0.05) is 70.9 Å². The van der Waals surface area contributed by atoms with Gasteiger partial charge < -0.3 is 5.32 Å². The molecule has 3 aromatic carbocycles. The number of thioether (sulfide) groups is 1. The van der Waals surface area contributed by atoms with Crippen molar-refractivity contribution in [2.75, 3.05) is 5.32 Å². The summed E-state index contributed by atoms with van der Waals surface area (Å²) in [6, 6.07) is 17.3. The highest BCUT2D eigenvalue weighted by Crippen LogP contribution is 2.40. The topological polar surface area (TPSA) is 63.2 Å². The molecule has 1 aliphatic rings. The lowest BCUT2D eigenvalue weighted by molar-refractivity contribution is -0.112. The second kappa shape index (κ2) is 8.71. The maximum absolute atomic E-state index is 13.0. The Morgan fingerprint density at radius 3 is 2.35 bits per heavy atom. The van der Waals surface area contributed by atoms with Gasteiger partial charge in [0, 0.05) is 20.5 Å². The van der Waals surface area contributed by atoms with Crippen molar-refractivity contribution < 1.29 is 13.2 Å². The molecule has 0 spiro atoms. The van der Waals surface area contributed by atoms with Crippen LogP contribution >= 0.6 is 35.0 Å². The molecule has 0 saturated heterocycles. The highest BCUT2D eigenvalue weighted by atomic mass is 35.5. The summed E-state index contributed by atoms with van der Waals surface area (Å²) in [6.45, 7) is 1.99. The predicted molar refractivity (Wildman–Crippen MR) is 127 cm³/mol. The smallest absolute Gasteiger partial charge is 0.262 e. The van der Waals surface area contributed by atoms with Gasteiger partial charge in [-0.05, 0) is 48.9 Å². The predicted octanol–water partition coefficient (Wildman–Crippen LogP) is 6.36. The summed E-state index contributed by atoms with van der Waals surface area (Å²) in [6.07, 6.45) is 1.78. The maximum Gasteiger partial charge on any atom is 0.262 e. The van der Waals surface area contributed by atoms with E-state index < -0.39 is 9.84 Å². The first-order valence-electron chi connectivity index (χ1n) is 9.30. The molecule has 1 amide bonds. The van der Waals surface area contributed by atoms with E-state index in [1.54, 1.807) is 36.4 Å². The number of hydrogen-bond donors (Lipinski definition) is 1. The van der Waals surface area contributed by atoms with Crippen molar-refractivity contribution in [3.05, 3.63) is 92.3 Å². The third kappa shape index (κ3) is 4.83. The van der Waals surface area contributed by atoms with Gasteiger partial charge in [0.2, 0.25) is 0 Å². The number of hydrogen-bond acceptors (Lipinski definition) is 4. The monoisotopic (exact) mass is 489 g/mol. The lowest BCUT2D eigenvalue weighted by Gasteiger charge is -2.19. The van der Waals surface area contributed by atoms with Crippen LogP contribution in [0, 0.1) is 6.92 Å². The van der Waals surface area contributed by atoms with Crippen molar-refractivity contribution in [1.29, 1.82) is 0 Å². The van der Waals surface area contributed by atoms with Crippen LogP contribution < -0.4 is 5.32 Å². The number of anilines is 1. The molecule has 1 heterocycles. The van der Waals surface area contributed by atoms with Gasteiger partial charge in [-0.15, -0.1) is 0 Å².